The standard InChI is InChI=1S/C17H26BrFN4/c1-12(2)23-8-6-15(7-9-23)22-17(20-3)21-11-13-10-14(19)4-5-16(13)18/h4-5,10,12,15H,6-9,11H2,1-3H3,(H2,20,21,22). The van der Waals surface area contributed by atoms with Gasteiger partial charge in [0, 0.05) is 43.2 Å². The second-order valence-electron chi connectivity index (χ2n) is 6.21. The summed E-state index contributed by atoms with van der Waals surface area (Å²) in [7, 11) is 1.76. The molecule has 1 aromatic rings. The maximum atomic E-state index is 13.3. The van der Waals surface area contributed by atoms with E-state index in [1.165, 1.54) is 12.1 Å². The fourth-order valence-corrected chi connectivity index (χ4v) is 3.19. The Morgan fingerprint density at radius 1 is 1.39 bits per heavy atom. The summed E-state index contributed by atoms with van der Waals surface area (Å²) < 4.78 is 14.2. The predicted molar refractivity (Wildman–Crippen MR) is 97.2 cm³/mol. The highest BCUT2D eigenvalue weighted by atomic mass is 79.9. The van der Waals surface area contributed by atoms with Crippen molar-refractivity contribution in [3.63, 3.8) is 0 Å². The fourth-order valence-electron chi connectivity index (χ4n) is 2.81. The molecule has 2 rings (SSSR count). The normalized spacial score (nSPS) is 17.6. The van der Waals surface area contributed by atoms with Gasteiger partial charge in [-0.2, -0.15) is 0 Å². The Morgan fingerprint density at radius 2 is 2.09 bits per heavy atom. The molecule has 128 valence electrons. The van der Waals surface area contributed by atoms with Gasteiger partial charge in [-0.3, -0.25) is 4.99 Å². The smallest absolute Gasteiger partial charge is 0.191 e. The fraction of sp³-hybridized carbons (Fsp3) is 0.588. The lowest BCUT2D eigenvalue weighted by Crippen LogP contribution is -2.49. The molecular weight excluding hydrogens is 359 g/mol. The highest BCUT2D eigenvalue weighted by Gasteiger charge is 2.21. The van der Waals surface area contributed by atoms with Crippen molar-refractivity contribution in [2.24, 2.45) is 4.99 Å². The zero-order valence-corrected chi connectivity index (χ0v) is 15.7. The molecule has 0 amide bonds. The molecular formula is C17H26BrFN4. The number of nitrogens with zero attached hydrogens (tertiary/aromatic N) is 2. The van der Waals surface area contributed by atoms with E-state index >= 15 is 0 Å². The molecule has 1 aliphatic heterocycles. The van der Waals surface area contributed by atoms with Crippen LogP contribution in [0.15, 0.2) is 27.7 Å². The first-order chi connectivity index (χ1) is 11.0. The van der Waals surface area contributed by atoms with Gasteiger partial charge in [-0.05, 0) is 50.5 Å². The molecule has 2 N–H and O–H groups in total. The largest absolute Gasteiger partial charge is 0.354 e. The summed E-state index contributed by atoms with van der Waals surface area (Å²) in [5.74, 6) is 0.540. The Hall–Kier alpha value is -1.14. The number of likely N-dealkylation sites (tertiary alicyclic amines) is 1. The second kappa shape index (κ2) is 8.64. The number of halogens is 2. The predicted octanol–water partition coefficient (Wildman–Crippen LogP) is 3.13. The van der Waals surface area contributed by atoms with Crippen LogP contribution >= 0.6 is 15.9 Å². The van der Waals surface area contributed by atoms with Crippen LogP contribution in [0.4, 0.5) is 4.39 Å². The van der Waals surface area contributed by atoms with Gasteiger partial charge in [0.25, 0.3) is 0 Å². The summed E-state index contributed by atoms with van der Waals surface area (Å²) in [6.45, 7) is 7.24. The van der Waals surface area contributed by atoms with Crippen molar-refractivity contribution >= 4 is 21.9 Å². The molecule has 1 fully saturated rings. The zero-order chi connectivity index (χ0) is 16.8. The number of rotatable bonds is 4. The van der Waals surface area contributed by atoms with Crippen LogP contribution < -0.4 is 10.6 Å². The second-order valence-corrected chi connectivity index (χ2v) is 7.06. The van der Waals surface area contributed by atoms with Crippen LogP contribution in [-0.4, -0.2) is 43.1 Å². The van der Waals surface area contributed by atoms with Gasteiger partial charge >= 0.3 is 0 Å². The molecule has 0 saturated carbocycles. The molecule has 4 nitrogen and oxygen atoms in total. The van der Waals surface area contributed by atoms with E-state index in [2.05, 4.69) is 50.3 Å². The topological polar surface area (TPSA) is 39.7 Å². The lowest BCUT2D eigenvalue weighted by atomic mass is 10.0. The molecule has 6 heteroatoms. The quantitative estimate of drug-likeness (QED) is 0.618. The molecule has 1 aromatic carbocycles. The summed E-state index contributed by atoms with van der Waals surface area (Å²) in [5, 5.41) is 6.74. The van der Waals surface area contributed by atoms with Crippen LogP contribution in [0.25, 0.3) is 0 Å². The van der Waals surface area contributed by atoms with Gasteiger partial charge in [-0.15, -0.1) is 0 Å². The van der Waals surface area contributed by atoms with Gasteiger partial charge < -0.3 is 15.5 Å². The first kappa shape index (κ1) is 18.2. The lowest BCUT2D eigenvalue weighted by molar-refractivity contribution is 0.167. The van der Waals surface area contributed by atoms with Crippen LogP contribution in [0.1, 0.15) is 32.3 Å². The van der Waals surface area contributed by atoms with Gasteiger partial charge in [0.1, 0.15) is 5.82 Å². The molecule has 0 bridgehead atoms. The maximum absolute atomic E-state index is 13.3. The third-order valence-electron chi connectivity index (χ3n) is 4.28. The van der Waals surface area contributed by atoms with Gasteiger partial charge in [-0.1, -0.05) is 15.9 Å². The molecule has 1 saturated heterocycles. The Morgan fingerprint density at radius 3 is 2.70 bits per heavy atom. The Balaban J connectivity index is 1.83. The van der Waals surface area contributed by atoms with Crippen molar-refractivity contribution < 1.29 is 4.39 Å². The number of hydrogen-bond acceptors (Lipinski definition) is 2. The zero-order valence-electron chi connectivity index (χ0n) is 14.1. The molecule has 23 heavy (non-hydrogen) atoms. The van der Waals surface area contributed by atoms with Gasteiger partial charge in [0.15, 0.2) is 5.96 Å². The molecule has 0 atom stereocenters. The molecule has 0 aromatic heterocycles. The van der Waals surface area contributed by atoms with E-state index in [1.807, 2.05) is 0 Å². The number of guanidine groups is 1. The summed E-state index contributed by atoms with van der Waals surface area (Å²) in [5.41, 5.74) is 0.877. The number of hydrogen-bond donors (Lipinski definition) is 2. The minimum absolute atomic E-state index is 0.228. The molecule has 1 heterocycles. The lowest BCUT2D eigenvalue weighted by Gasteiger charge is -2.35. The van der Waals surface area contributed by atoms with Crippen LogP contribution in [0.2, 0.25) is 0 Å². The van der Waals surface area contributed by atoms with E-state index in [-0.39, 0.29) is 5.82 Å². The van der Waals surface area contributed by atoms with Crippen molar-refractivity contribution in [2.75, 3.05) is 20.1 Å². The molecule has 0 unspecified atom stereocenters. The van der Waals surface area contributed by atoms with Gasteiger partial charge in [0.2, 0.25) is 0 Å². The molecule has 0 radical (unpaired) electrons. The summed E-state index contributed by atoms with van der Waals surface area (Å²) in [6, 6.07) is 5.75. The minimum Gasteiger partial charge on any atom is -0.354 e. The number of aliphatic imine (C=N–C) groups is 1. The van der Waals surface area contributed by atoms with Crippen molar-refractivity contribution in [3.05, 3.63) is 34.1 Å². The third-order valence-corrected chi connectivity index (χ3v) is 5.05. The van der Waals surface area contributed by atoms with Crippen molar-refractivity contribution in [1.82, 2.24) is 15.5 Å². The first-order valence-electron chi connectivity index (χ1n) is 8.14. The van der Waals surface area contributed by atoms with E-state index < -0.39 is 0 Å². The van der Waals surface area contributed by atoms with E-state index in [1.54, 1.807) is 13.1 Å². The van der Waals surface area contributed by atoms with E-state index in [4.69, 9.17) is 0 Å². The van der Waals surface area contributed by atoms with Crippen LogP contribution in [0.3, 0.4) is 0 Å². The average molecular weight is 385 g/mol. The number of benzene rings is 1. The molecule has 0 aliphatic carbocycles. The highest BCUT2D eigenvalue weighted by Crippen LogP contribution is 2.17. The van der Waals surface area contributed by atoms with Crippen molar-refractivity contribution in [2.45, 2.75) is 45.3 Å². The monoisotopic (exact) mass is 384 g/mol. The highest BCUT2D eigenvalue weighted by molar-refractivity contribution is 9.10. The Kier molecular flexibility index (Phi) is 6.84. The number of nitrogens with one attached hydrogen (secondary N) is 2. The Labute approximate surface area is 146 Å². The number of piperidine rings is 1. The van der Waals surface area contributed by atoms with E-state index in [0.717, 1.165) is 41.9 Å². The molecule has 0 spiro atoms. The van der Waals surface area contributed by atoms with Crippen molar-refractivity contribution in [1.29, 1.82) is 0 Å². The average Bonchev–Trinajstić information content (AvgIpc) is 2.54. The van der Waals surface area contributed by atoms with Crippen LogP contribution in [0, 0.1) is 5.82 Å². The minimum atomic E-state index is -0.228. The summed E-state index contributed by atoms with van der Waals surface area (Å²) in [4.78, 5) is 6.77. The third kappa shape index (κ3) is 5.46. The van der Waals surface area contributed by atoms with E-state index in [0.29, 0.717) is 18.6 Å². The summed E-state index contributed by atoms with van der Waals surface area (Å²) >= 11 is 3.45. The maximum Gasteiger partial charge on any atom is 0.191 e. The molecule has 1 aliphatic rings. The van der Waals surface area contributed by atoms with Crippen molar-refractivity contribution in [3.8, 4) is 0 Å². The van der Waals surface area contributed by atoms with Crippen LogP contribution in [0.5, 0.6) is 0 Å². The van der Waals surface area contributed by atoms with E-state index in [9.17, 15) is 4.39 Å². The van der Waals surface area contributed by atoms with Gasteiger partial charge in [-0.25, -0.2) is 4.39 Å². The first-order valence-corrected chi connectivity index (χ1v) is 8.94. The van der Waals surface area contributed by atoms with Gasteiger partial charge in [0.05, 0.1) is 0 Å². The Bertz CT molecular complexity index is 539. The SMILES string of the molecule is CN=C(NCc1cc(F)ccc1Br)NC1CCN(C(C)C)CC1. The summed E-state index contributed by atoms with van der Waals surface area (Å²) in [6.07, 6.45) is 2.23. The van der Waals surface area contributed by atoms with Crippen LogP contribution in [-0.2, 0) is 6.54 Å².